The first-order valence-corrected chi connectivity index (χ1v) is 20.1. The smallest absolute Gasteiger partial charge is 0.164 e. The monoisotopic (exact) mass is 763 g/mol. The molecule has 0 unspecified atom stereocenters. The Balaban J connectivity index is 1.16. The van der Waals surface area contributed by atoms with Gasteiger partial charge in [0.05, 0.1) is 11.0 Å². The van der Waals surface area contributed by atoms with Crippen molar-refractivity contribution in [3.05, 3.63) is 200 Å². The summed E-state index contributed by atoms with van der Waals surface area (Å²) in [7, 11) is 0. The van der Waals surface area contributed by atoms with Gasteiger partial charge in [0.15, 0.2) is 17.5 Å². The molecule has 0 aliphatic heterocycles. The summed E-state index contributed by atoms with van der Waals surface area (Å²) in [5.41, 5.74) is 8.97. The zero-order chi connectivity index (χ0) is 39.6. The second kappa shape index (κ2) is 13.8. The maximum atomic E-state index is 5.31. The van der Waals surface area contributed by atoms with Gasteiger partial charge in [-0.2, -0.15) is 0 Å². The molecule has 0 bridgehead atoms. The summed E-state index contributed by atoms with van der Waals surface area (Å²) < 4.78 is 0. The van der Waals surface area contributed by atoms with E-state index in [1.165, 1.54) is 43.1 Å². The Morgan fingerprint density at radius 3 is 1.12 bits per heavy atom. The van der Waals surface area contributed by atoms with Gasteiger partial charge in [0.25, 0.3) is 0 Å². The van der Waals surface area contributed by atoms with Crippen LogP contribution in [-0.4, -0.2) is 24.9 Å². The molecule has 278 valence electrons. The summed E-state index contributed by atoms with van der Waals surface area (Å²) in [6, 6.07) is 66.7. The van der Waals surface area contributed by atoms with Crippen molar-refractivity contribution >= 4 is 64.9 Å². The van der Waals surface area contributed by atoms with Crippen molar-refractivity contribution in [1.29, 1.82) is 0 Å². The molecule has 0 aliphatic rings. The third-order valence-corrected chi connectivity index (χ3v) is 11.7. The molecule has 0 fully saturated rings. The van der Waals surface area contributed by atoms with Crippen LogP contribution >= 0.6 is 0 Å². The van der Waals surface area contributed by atoms with Gasteiger partial charge in [-0.25, -0.2) is 15.0 Å². The summed E-state index contributed by atoms with van der Waals surface area (Å²) in [5, 5.41) is 11.7. The Labute approximate surface area is 345 Å². The molecular weight excluding hydrogens is 731 g/mol. The molecule has 0 atom stereocenters. The first kappa shape index (κ1) is 33.9. The van der Waals surface area contributed by atoms with Crippen molar-refractivity contribution in [1.82, 2.24) is 24.9 Å². The average Bonchev–Trinajstić information content (AvgIpc) is 3.33. The number of pyridine rings is 2. The van der Waals surface area contributed by atoms with Crippen molar-refractivity contribution in [2.75, 3.05) is 0 Å². The molecule has 0 N–H and O–H groups in total. The molecule has 3 heterocycles. The van der Waals surface area contributed by atoms with E-state index < -0.39 is 0 Å². The number of nitrogens with zero attached hydrogens (tertiary/aromatic N) is 5. The van der Waals surface area contributed by atoms with Crippen LogP contribution in [0.5, 0.6) is 0 Å². The molecule has 5 heteroatoms. The lowest BCUT2D eigenvalue weighted by atomic mass is 9.88. The Bertz CT molecular complexity index is 3450. The number of aromatic nitrogens is 5. The minimum absolute atomic E-state index is 0.589. The van der Waals surface area contributed by atoms with Crippen molar-refractivity contribution in [2.24, 2.45) is 0 Å². The highest BCUT2D eigenvalue weighted by Gasteiger charge is 2.18. The molecule has 12 rings (SSSR count). The molecule has 0 spiro atoms. The van der Waals surface area contributed by atoms with E-state index in [0.29, 0.717) is 17.5 Å². The maximum Gasteiger partial charge on any atom is 0.164 e. The van der Waals surface area contributed by atoms with Crippen molar-refractivity contribution in [3.63, 3.8) is 0 Å². The number of fused-ring (bicyclic) bond motifs is 8. The Kier molecular flexibility index (Phi) is 7.78. The van der Waals surface area contributed by atoms with Crippen molar-refractivity contribution in [2.45, 2.75) is 0 Å². The van der Waals surface area contributed by atoms with Gasteiger partial charge in [-0.05, 0) is 144 Å². The Morgan fingerprint density at radius 2 is 0.633 bits per heavy atom. The van der Waals surface area contributed by atoms with Crippen molar-refractivity contribution in [3.8, 4) is 56.4 Å². The number of benzene rings is 9. The minimum atomic E-state index is 0.589. The molecule has 3 aromatic heterocycles. The molecular formula is C55H33N5. The van der Waals surface area contributed by atoms with Crippen LogP contribution in [-0.2, 0) is 0 Å². The standard InChI is InChI=1S/C55H33N5/c1-3-15-43-34(11-1)32-49(47-19-7-5-17-45(43)47)40-29-41(50-33-35-12-2-4-16-44(35)46-18-6-8-20-48(46)50)31-42(30-40)55-59-53(38-21-23-51-36(27-38)13-9-25-56-51)58-54(60-55)39-22-24-52-37(28-39)14-10-26-57-52/h1-33H. The molecule has 0 amide bonds. The van der Waals surface area contributed by atoms with E-state index in [0.717, 1.165) is 60.8 Å². The molecule has 60 heavy (non-hydrogen) atoms. The summed E-state index contributed by atoms with van der Waals surface area (Å²) in [4.78, 5) is 24.9. The maximum absolute atomic E-state index is 5.31. The SMILES string of the molecule is c1cnc2ccc(-c3nc(-c4cc(-c5cc6ccccc6c6ccccc56)cc(-c5cc6ccccc6c6ccccc56)c4)nc(-c4ccc5ncccc5c4)n3)cc2c1. The van der Waals surface area contributed by atoms with Gasteiger partial charge in [0, 0.05) is 39.9 Å². The highest BCUT2D eigenvalue weighted by atomic mass is 15.0. The summed E-state index contributed by atoms with van der Waals surface area (Å²) >= 11 is 0. The van der Waals surface area contributed by atoms with E-state index in [-0.39, 0.29) is 0 Å². The van der Waals surface area contributed by atoms with Crippen LogP contribution in [0.2, 0.25) is 0 Å². The summed E-state index contributed by atoms with van der Waals surface area (Å²) in [5.74, 6) is 1.77. The van der Waals surface area contributed by atoms with Gasteiger partial charge in [0.1, 0.15) is 0 Å². The highest BCUT2D eigenvalue weighted by molar-refractivity contribution is 6.16. The van der Waals surface area contributed by atoms with E-state index in [2.05, 4.69) is 162 Å². The van der Waals surface area contributed by atoms with Gasteiger partial charge in [-0.1, -0.05) is 109 Å². The molecule has 0 saturated heterocycles. The normalized spacial score (nSPS) is 11.7. The van der Waals surface area contributed by atoms with Gasteiger partial charge in [-0.3, -0.25) is 9.97 Å². The first-order chi connectivity index (χ1) is 29.7. The Morgan fingerprint density at radius 1 is 0.250 bits per heavy atom. The van der Waals surface area contributed by atoms with Crippen LogP contribution < -0.4 is 0 Å². The fraction of sp³-hybridized carbons (Fsp3) is 0. The highest BCUT2D eigenvalue weighted by Crippen LogP contribution is 2.42. The minimum Gasteiger partial charge on any atom is -0.256 e. The van der Waals surface area contributed by atoms with Crippen LogP contribution in [0.25, 0.3) is 121 Å². The topological polar surface area (TPSA) is 64.5 Å². The predicted molar refractivity (Wildman–Crippen MR) is 248 cm³/mol. The first-order valence-electron chi connectivity index (χ1n) is 20.1. The van der Waals surface area contributed by atoms with Gasteiger partial charge < -0.3 is 0 Å². The largest absolute Gasteiger partial charge is 0.256 e. The molecule has 12 aromatic rings. The van der Waals surface area contributed by atoms with E-state index in [1.807, 2.05) is 48.8 Å². The predicted octanol–water partition coefficient (Wildman–Crippen LogP) is 13.9. The van der Waals surface area contributed by atoms with Crippen LogP contribution in [0, 0.1) is 0 Å². The van der Waals surface area contributed by atoms with Gasteiger partial charge in [0.2, 0.25) is 0 Å². The third kappa shape index (κ3) is 5.75. The Hall–Kier alpha value is -8.15. The molecule has 0 saturated carbocycles. The second-order valence-corrected chi connectivity index (χ2v) is 15.3. The van der Waals surface area contributed by atoms with E-state index >= 15 is 0 Å². The fourth-order valence-electron chi connectivity index (χ4n) is 8.85. The lowest BCUT2D eigenvalue weighted by Crippen LogP contribution is -2.01. The van der Waals surface area contributed by atoms with Crippen LogP contribution in [0.3, 0.4) is 0 Å². The molecule has 5 nitrogen and oxygen atoms in total. The van der Waals surface area contributed by atoms with Gasteiger partial charge in [-0.15, -0.1) is 0 Å². The second-order valence-electron chi connectivity index (χ2n) is 15.3. The van der Waals surface area contributed by atoms with Gasteiger partial charge >= 0.3 is 0 Å². The molecule has 0 aliphatic carbocycles. The zero-order valence-electron chi connectivity index (χ0n) is 32.3. The zero-order valence-corrected chi connectivity index (χ0v) is 32.3. The van der Waals surface area contributed by atoms with E-state index in [9.17, 15) is 0 Å². The lowest BCUT2D eigenvalue weighted by Gasteiger charge is -2.16. The fourth-order valence-corrected chi connectivity index (χ4v) is 8.85. The number of rotatable bonds is 5. The number of hydrogen-bond donors (Lipinski definition) is 0. The molecule has 0 radical (unpaired) electrons. The summed E-state index contributed by atoms with van der Waals surface area (Å²) in [6.45, 7) is 0. The van der Waals surface area contributed by atoms with Crippen LogP contribution in [0.1, 0.15) is 0 Å². The van der Waals surface area contributed by atoms with Crippen molar-refractivity contribution < 1.29 is 0 Å². The van der Waals surface area contributed by atoms with Crippen LogP contribution in [0.4, 0.5) is 0 Å². The van der Waals surface area contributed by atoms with Crippen LogP contribution in [0.15, 0.2) is 200 Å². The van der Waals surface area contributed by atoms with E-state index in [4.69, 9.17) is 15.0 Å². The summed E-state index contributed by atoms with van der Waals surface area (Å²) in [6.07, 6.45) is 3.63. The lowest BCUT2D eigenvalue weighted by molar-refractivity contribution is 1.07. The third-order valence-electron chi connectivity index (χ3n) is 11.7. The van der Waals surface area contributed by atoms with E-state index in [1.54, 1.807) is 0 Å². The quantitative estimate of drug-likeness (QED) is 0.163. The average molecular weight is 764 g/mol. The number of hydrogen-bond acceptors (Lipinski definition) is 5. The molecule has 9 aromatic carbocycles.